The summed E-state index contributed by atoms with van der Waals surface area (Å²) in [7, 11) is 0. The summed E-state index contributed by atoms with van der Waals surface area (Å²) in [6.07, 6.45) is 1.09. The van der Waals surface area contributed by atoms with Crippen LogP contribution in [0.25, 0.3) is 21.1 Å². The molecule has 2 heterocycles. The molecule has 0 bridgehead atoms. The maximum Gasteiger partial charge on any atom is 0.126 e. The second-order valence-corrected chi connectivity index (χ2v) is 10.2. The number of nitrogens with zero attached hydrogens (tertiary/aromatic N) is 1. The smallest absolute Gasteiger partial charge is 0.126 e. The van der Waals surface area contributed by atoms with Crippen molar-refractivity contribution in [3.8, 4) is 21.1 Å². The maximum absolute atomic E-state index is 4.97. The summed E-state index contributed by atoms with van der Waals surface area (Å²) in [6.45, 7) is 11.4. The van der Waals surface area contributed by atoms with Crippen LogP contribution in [0.1, 0.15) is 41.0 Å². The van der Waals surface area contributed by atoms with E-state index in [-0.39, 0.29) is 11.0 Å². The van der Waals surface area contributed by atoms with Gasteiger partial charge in [-0.1, -0.05) is 68.5 Å². The van der Waals surface area contributed by atoms with Crippen molar-refractivity contribution in [3.63, 3.8) is 0 Å². The lowest BCUT2D eigenvalue weighted by Crippen LogP contribution is -2.35. The third kappa shape index (κ3) is 4.71. The van der Waals surface area contributed by atoms with Gasteiger partial charge in [-0.05, 0) is 37.1 Å². The Hall–Kier alpha value is -1.65. The molecule has 0 saturated heterocycles. The van der Waals surface area contributed by atoms with E-state index in [1.54, 1.807) is 22.7 Å². The normalized spacial score (nSPS) is 12.4. The molecule has 25 heavy (non-hydrogen) atoms. The van der Waals surface area contributed by atoms with Crippen molar-refractivity contribution < 1.29 is 0 Å². The molecule has 1 N–H and O–H groups in total. The van der Waals surface area contributed by atoms with Gasteiger partial charge in [-0.2, -0.15) is 0 Å². The van der Waals surface area contributed by atoms with Crippen LogP contribution in [0.4, 0.5) is 5.00 Å². The number of benzene rings is 1. The van der Waals surface area contributed by atoms with E-state index in [1.807, 2.05) is 6.07 Å². The summed E-state index contributed by atoms with van der Waals surface area (Å²) in [5, 5.41) is 8.13. The second kappa shape index (κ2) is 6.93. The van der Waals surface area contributed by atoms with E-state index in [9.17, 15) is 0 Å². The average molecular weight is 371 g/mol. The predicted octanol–water partition coefficient (Wildman–Crippen LogP) is 7.17. The van der Waals surface area contributed by atoms with Crippen molar-refractivity contribution in [2.24, 2.45) is 5.41 Å². The van der Waals surface area contributed by atoms with Gasteiger partial charge >= 0.3 is 0 Å². The molecule has 0 amide bonds. The summed E-state index contributed by atoms with van der Waals surface area (Å²) in [4.78, 5) is 6.19. The summed E-state index contributed by atoms with van der Waals surface area (Å²) < 4.78 is 0. The highest BCUT2D eigenvalue weighted by Gasteiger charge is 2.27. The number of nitrogens with one attached hydrogen (secondary N) is 1. The standard InChI is InChI=1S/C21H26N2S2/c1-20(2,3)14-21(4,5)23-19-17(16-12-9-13-24-16)22-18(25-19)15-10-7-6-8-11-15/h6-13,23H,14H2,1-5H3. The molecule has 0 atom stereocenters. The quantitative estimate of drug-likeness (QED) is 0.515. The molecule has 132 valence electrons. The molecule has 0 spiro atoms. The van der Waals surface area contributed by atoms with Crippen LogP contribution in [0.15, 0.2) is 47.8 Å². The number of thiophene rings is 1. The van der Waals surface area contributed by atoms with Gasteiger partial charge in [0, 0.05) is 11.1 Å². The molecule has 4 heteroatoms. The van der Waals surface area contributed by atoms with Crippen LogP contribution in [0.3, 0.4) is 0 Å². The number of thiazole rings is 1. The van der Waals surface area contributed by atoms with Gasteiger partial charge in [0.05, 0.1) is 4.88 Å². The van der Waals surface area contributed by atoms with E-state index < -0.39 is 0 Å². The first-order valence-electron chi connectivity index (χ1n) is 8.62. The molecule has 0 aliphatic heterocycles. The Labute approximate surface area is 159 Å². The van der Waals surface area contributed by atoms with Crippen LogP contribution in [-0.2, 0) is 0 Å². The molecule has 3 aromatic rings. The molecule has 2 aromatic heterocycles. The summed E-state index contributed by atoms with van der Waals surface area (Å²) >= 11 is 3.49. The lowest BCUT2D eigenvalue weighted by Gasteiger charge is -2.33. The molecule has 0 radical (unpaired) electrons. The minimum Gasteiger partial charge on any atom is -0.370 e. The van der Waals surface area contributed by atoms with Crippen molar-refractivity contribution in [3.05, 3.63) is 47.8 Å². The zero-order chi connectivity index (χ0) is 18.1. The zero-order valence-corrected chi connectivity index (χ0v) is 17.2. The van der Waals surface area contributed by atoms with Crippen LogP contribution in [0, 0.1) is 5.41 Å². The molecule has 3 rings (SSSR count). The van der Waals surface area contributed by atoms with Gasteiger partial charge in [-0.25, -0.2) is 4.98 Å². The highest BCUT2D eigenvalue weighted by molar-refractivity contribution is 7.20. The van der Waals surface area contributed by atoms with Crippen LogP contribution in [0.2, 0.25) is 0 Å². The molecule has 0 aliphatic rings. The fourth-order valence-corrected chi connectivity index (χ4v) is 5.32. The molecule has 2 nitrogen and oxygen atoms in total. The van der Waals surface area contributed by atoms with Crippen molar-refractivity contribution in [2.45, 2.75) is 46.6 Å². The third-order valence-corrected chi connectivity index (χ3v) is 5.72. The topological polar surface area (TPSA) is 24.9 Å². The lowest BCUT2D eigenvalue weighted by atomic mass is 9.82. The highest BCUT2D eigenvalue weighted by Crippen LogP contribution is 2.42. The van der Waals surface area contributed by atoms with E-state index >= 15 is 0 Å². The van der Waals surface area contributed by atoms with Gasteiger partial charge in [-0.3, -0.25) is 0 Å². The Kier molecular flexibility index (Phi) is 5.03. The van der Waals surface area contributed by atoms with Crippen molar-refractivity contribution in [1.29, 1.82) is 0 Å². The van der Waals surface area contributed by atoms with Crippen molar-refractivity contribution in [1.82, 2.24) is 4.98 Å². The Morgan fingerprint density at radius 2 is 1.68 bits per heavy atom. The molecular formula is C21H26N2S2. The number of rotatable bonds is 5. The van der Waals surface area contributed by atoms with Crippen LogP contribution in [0.5, 0.6) is 0 Å². The summed E-state index contributed by atoms with van der Waals surface area (Å²) in [6, 6.07) is 14.7. The first-order chi connectivity index (χ1) is 11.7. The fraction of sp³-hybridized carbons (Fsp3) is 0.381. The molecular weight excluding hydrogens is 344 g/mol. The number of hydrogen-bond acceptors (Lipinski definition) is 4. The molecule has 0 unspecified atom stereocenters. The fourth-order valence-electron chi connectivity index (χ4n) is 3.37. The first-order valence-corrected chi connectivity index (χ1v) is 10.3. The van der Waals surface area contributed by atoms with Gasteiger partial charge < -0.3 is 5.32 Å². The minimum atomic E-state index is 0.00471. The predicted molar refractivity (Wildman–Crippen MR) is 113 cm³/mol. The number of aromatic nitrogens is 1. The largest absolute Gasteiger partial charge is 0.370 e. The molecule has 0 saturated carbocycles. The van der Waals surface area contributed by atoms with Gasteiger partial charge in [0.25, 0.3) is 0 Å². The minimum absolute atomic E-state index is 0.00471. The van der Waals surface area contributed by atoms with Gasteiger partial charge in [0.1, 0.15) is 15.7 Å². The maximum atomic E-state index is 4.97. The van der Waals surface area contributed by atoms with Gasteiger partial charge in [0.2, 0.25) is 0 Å². The number of hydrogen-bond donors (Lipinski definition) is 1. The Morgan fingerprint density at radius 3 is 2.28 bits per heavy atom. The van der Waals surface area contributed by atoms with E-state index in [0.717, 1.165) is 22.1 Å². The van der Waals surface area contributed by atoms with E-state index in [4.69, 9.17) is 4.98 Å². The van der Waals surface area contributed by atoms with Crippen LogP contribution < -0.4 is 5.32 Å². The zero-order valence-electron chi connectivity index (χ0n) is 15.6. The highest BCUT2D eigenvalue weighted by atomic mass is 32.1. The van der Waals surface area contributed by atoms with E-state index in [2.05, 4.69) is 81.7 Å². The Balaban J connectivity index is 1.98. The van der Waals surface area contributed by atoms with Gasteiger partial charge in [0.15, 0.2) is 0 Å². The Bertz CT molecular complexity index is 809. The third-order valence-electron chi connectivity index (χ3n) is 3.83. The SMILES string of the molecule is CC(C)(C)CC(C)(C)Nc1sc(-c2ccccc2)nc1-c1cccs1. The second-order valence-electron chi connectivity index (χ2n) is 8.29. The summed E-state index contributed by atoms with van der Waals surface area (Å²) in [5.74, 6) is 0. The van der Waals surface area contributed by atoms with Crippen LogP contribution >= 0.6 is 22.7 Å². The molecule has 1 aromatic carbocycles. The van der Waals surface area contributed by atoms with E-state index in [1.165, 1.54) is 10.4 Å². The lowest BCUT2D eigenvalue weighted by molar-refractivity contribution is 0.303. The first kappa shape index (κ1) is 18.2. The van der Waals surface area contributed by atoms with Crippen molar-refractivity contribution >= 4 is 27.7 Å². The average Bonchev–Trinajstić information content (AvgIpc) is 3.14. The number of anilines is 1. The van der Waals surface area contributed by atoms with E-state index in [0.29, 0.717) is 0 Å². The monoisotopic (exact) mass is 370 g/mol. The Morgan fingerprint density at radius 1 is 0.960 bits per heavy atom. The van der Waals surface area contributed by atoms with Crippen molar-refractivity contribution in [2.75, 3.05) is 5.32 Å². The molecule has 0 fully saturated rings. The summed E-state index contributed by atoms with van der Waals surface area (Å²) in [5.41, 5.74) is 2.52. The van der Waals surface area contributed by atoms with Gasteiger partial charge in [-0.15, -0.1) is 11.3 Å². The van der Waals surface area contributed by atoms with Crippen LogP contribution in [-0.4, -0.2) is 10.5 Å². The molecule has 0 aliphatic carbocycles.